The normalized spacial score (nSPS) is 41.1. The minimum Gasteiger partial charge on any atom is -0.300 e. The lowest BCUT2D eigenvalue weighted by Crippen LogP contribution is -2.47. The summed E-state index contributed by atoms with van der Waals surface area (Å²) in [5.74, 6) is 4.06. The van der Waals surface area contributed by atoms with Gasteiger partial charge in [0.1, 0.15) is 5.78 Å². The lowest BCUT2D eigenvalue weighted by atomic mass is 9.49. The molecule has 0 radical (unpaired) electrons. The Morgan fingerprint density at radius 1 is 0.933 bits per heavy atom. The van der Waals surface area contributed by atoms with E-state index in [0.29, 0.717) is 47.1 Å². The lowest BCUT2D eigenvalue weighted by molar-refractivity contribution is -0.127. The first-order valence-corrected chi connectivity index (χ1v) is 12.5. The zero-order valence-electron chi connectivity index (χ0n) is 20.1. The molecule has 166 valence electrons. The average molecular weight is 411 g/mol. The van der Waals surface area contributed by atoms with Gasteiger partial charge in [0.15, 0.2) is 5.78 Å². The average Bonchev–Trinajstić information content (AvgIpc) is 2.97. The summed E-state index contributed by atoms with van der Waals surface area (Å²) in [4.78, 5) is 25.5. The molecule has 4 rings (SSSR count). The van der Waals surface area contributed by atoms with E-state index in [9.17, 15) is 9.59 Å². The first kappa shape index (κ1) is 22.0. The SMILES string of the molecule is CC(C)C(C)C=C[C@@H](C)[C@H]1CC(=O)C2=C3CC[C@H]4CC(=O)CC[C@]4(C)[C@H]3CC[C@@]21C. The first-order chi connectivity index (χ1) is 14.1. The van der Waals surface area contributed by atoms with E-state index in [1.807, 2.05) is 0 Å². The molecule has 0 amide bonds. The molecule has 0 heterocycles. The van der Waals surface area contributed by atoms with Gasteiger partial charge in [-0.05, 0) is 78.4 Å². The fraction of sp³-hybridized carbons (Fsp3) is 0.786. The molecule has 2 nitrogen and oxygen atoms in total. The number of Topliss-reactive ketones (excluding diaryl/α,β-unsaturated/α-hetero) is 2. The van der Waals surface area contributed by atoms with Gasteiger partial charge in [0.2, 0.25) is 0 Å². The minimum atomic E-state index is 0.0431. The highest BCUT2D eigenvalue weighted by Gasteiger charge is 2.57. The molecular weight excluding hydrogens is 368 g/mol. The Morgan fingerprint density at radius 3 is 2.37 bits per heavy atom. The summed E-state index contributed by atoms with van der Waals surface area (Å²) in [5, 5.41) is 0. The van der Waals surface area contributed by atoms with Gasteiger partial charge in [0.25, 0.3) is 0 Å². The fourth-order valence-corrected chi connectivity index (χ4v) is 7.62. The second kappa shape index (κ2) is 7.75. The van der Waals surface area contributed by atoms with Crippen molar-refractivity contribution in [2.24, 2.45) is 46.3 Å². The van der Waals surface area contributed by atoms with E-state index < -0.39 is 0 Å². The quantitative estimate of drug-likeness (QED) is 0.470. The van der Waals surface area contributed by atoms with E-state index in [1.54, 1.807) is 0 Å². The largest absolute Gasteiger partial charge is 0.300 e. The molecule has 0 N–H and O–H groups in total. The highest BCUT2D eigenvalue weighted by molar-refractivity contribution is 6.00. The first-order valence-electron chi connectivity index (χ1n) is 12.5. The molecule has 3 fully saturated rings. The maximum absolute atomic E-state index is 13.4. The molecular formula is C28H42O2. The third kappa shape index (κ3) is 3.37. The molecule has 7 atom stereocenters. The standard InChI is InChI=1S/C28H42O2/c1-17(2)18(3)7-8-19(4)24-16-25(30)26-22-10-9-20-15-21(29)11-13-27(20,5)23(22)12-14-28(24,26)6/h7-8,17-20,23-24H,9-16H2,1-6H3/t18?,19-,20+,23+,24-,27+,28-/m1/s1. The Balaban J connectivity index is 1.64. The molecule has 0 bridgehead atoms. The molecule has 0 aromatic carbocycles. The maximum atomic E-state index is 13.4. The highest BCUT2D eigenvalue weighted by atomic mass is 16.1. The Kier molecular flexibility index (Phi) is 5.69. The van der Waals surface area contributed by atoms with Crippen molar-refractivity contribution in [3.05, 3.63) is 23.3 Å². The summed E-state index contributed by atoms with van der Waals surface area (Å²) >= 11 is 0. The number of hydrogen-bond acceptors (Lipinski definition) is 2. The van der Waals surface area contributed by atoms with Crippen molar-refractivity contribution in [2.45, 2.75) is 92.9 Å². The maximum Gasteiger partial charge on any atom is 0.159 e. The second-order valence-corrected chi connectivity index (χ2v) is 12.0. The molecule has 0 aliphatic heterocycles. The van der Waals surface area contributed by atoms with E-state index in [1.165, 1.54) is 17.6 Å². The second-order valence-electron chi connectivity index (χ2n) is 12.0. The Labute approximate surface area is 184 Å². The van der Waals surface area contributed by atoms with Crippen LogP contribution in [-0.4, -0.2) is 11.6 Å². The van der Waals surface area contributed by atoms with E-state index in [-0.39, 0.29) is 10.8 Å². The number of rotatable bonds is 4. The zero-order valence-corrected chi connectivity index (χ0v) is 20.1. The number of hydrogen-bond donors (Lipinski definition) is 0. The lowest BCUT2D eigenvalue weighted by Gasteiger charge is -2.55. The number of carbonyl (C=O) groups excluding carboxylic acids is 2. The van der Waals surface area contributed by atoms with Gasteiger partial charge in [-0.25, -0.2) is 0 Å². The Hall–Kier alpha value is -1.18. The number of ketones is 2. The molecule has 0 aromatic heterocycles. The van der Waals surface area contributed by atoms with Crippen molar-refractivity contribution < 1.29 is 9.59 Å². The van der Waals surface area contributed by atoms with Crippen LogP contribution in [0.25, 0.3) is 0 Å². The van der Waals surface area contributed by atoms with Crippen molar-refractivity contribution in [1.82, 2.24) is 0 Å². The summed E-state index contributed by atoms with van der Waals surface area (Å²) in [5.41, 5.74) is 3.02. The van der Waals surface area contributed by atoms with E-state index in [2.05, 4.69) is 53.7 Å². The summed E-state index contributed by atoms with van der Waals surface area (Å²) < 4.78 is 0. The minimum absolute atomic E-state index is 0.0431. The van der Waals surface area contributed by atoms with Crippen LogP contribution in [0.2, 0.25) is 0 Å². The highest BCUT2D eigenvalue weighted by Crippen LogP contribution is 2.64. The Morgan fingerprint density at radius 2 is 1.67 bits per heavy atom. The van der Waals surface area contributed by atoms with Crippen molar-refractivity contribution in [3.63, 3.8) is 0 Å². The summed E-state index contributed by atoms with van der Waals surface area (Å²) in [6, 6.07) is 0. The fourth-order valence-electron chi connectivity index (χ4n) is 7.62. The zero-order chi connectivity index (χ0) is 21.8. The van der Waals surface area contributed by atoms with Crippen molar-refractivity contribution in [1.29, 1.82) is 0 Å². The van der Waals surface area contributed by atoms with Crippen LogP contribution in [0.5, 0.6) is 0 Å². The van der Waals surface area contributed by atoms with E-state index in [0.717, 1.165) is 44.9 Å². The predicted octanol–water partition coefficient (Wildman–Crippen LogP) is 6.94. The van der Waals surface area contributed by atoms with Crippen LogP contribution in [0.15, 0.2) is 23.3 Å². The summed E-state index contributed by atoms with van der Waals surface area (Å²) in [7, 11) is 0. The molecule has 4 aliphatic rings. The molecule has 0 aromatic rings. The monoisotopic (exact) mass is 410 g/mol. The van der Waals surface area contributed by atoms with Crippen LogP contribution in [0, 0.1) is 46.3 Å². The van der Waals surface area contributed by atoms with Gasteiger partial charge in [-0.2, -0.15) is 0 Å². The van der Waals surface area contributed by atoms with Gasteiger partial charge in [-0.1, -0.05) is 59.3 Å². The third-order valence-electron chi connectivity index (χ3n) is 10.1. The molecule has 4 aliphatic carbocycles. The van der Waals surface area contributed by atoms with Crippen molar-refractivity contribution in [3.8, 4) is 0 Å². The summed E-state index contributed by atoms with van der Waals surface area (Å²) in [6.07, 6.45) is 12.6. The van der Waals surface area contributed by atoms with Gasteiger partial charge in [-0.3, -0.25) is 9.59 Å². The molecule has 30 heavy (non-hydrogen) atoms. The van der Waals surface area contributed by atoms with Crippen LogP contribution in [0.4, 0.5) is 0 Å². The van der Waals surface area contributed by atoms with Gasteiger partial charge in [-0.15, -0.1) is 0 Å². The van der Waals surface area contributed by atoms with Crippen LogP contribution < -0.4 is 0 Å². The number of carbonyl (C=O) groups is 2. The predicted molar refractivity (Wildman–Crippen MR) is 123 cm³/mol. The molecule has 3 saturated carbocycles. The number of allylic oxidation sites excluding steroid dienone is 4. The van der Waals surface area contributed by atoms with Gasteiger partial charge < -0.3 is 0 Å². The number of fused-ring (bicyclic) bond motifs is 4. The van der Waals surface area contributed by atoms with Gasteiger partial charge in [0.05, 0.1) is 0 Å². The van der Waals surface area contributed by atoms with Crippen molar-refractivity contribution >= 4 is 11.6 Å². The van der Waals surface area contributed by atoms with Gasteiger partial charge >= 0.3 is 0 Å². The van der Waals surface area contributed by atoms with Crippen LogP contribution in [0.3, 0.4) is 0 Å². The Bertz CT molecular complexity index is 786. The molecule has 0 spiro atoms. The van der Waals surface area contributed by atoms with E-state index >= 15 is 0 Å². The third-order valence-corrected chi connectivity index (χ3v) is 10.1. The summed E-state index contributed by atoms with van der Waals surface area (Å²) in [6.45, 7) is 14.0. The van der Waals surface area contributed by atoms with E-state index in [4.69, 9.17) is 0 Å². The van der Waals surface area contributed by atoms with Gasteiger partial charge in [0, 0.05) is 24.8 Å². The van der Waals surface area contributed by atoms with Crippen LogP contribution >= 0.6 is 0 Å². The topological polar surface area (TPSA) is 34.1 Å². The van der Waals surface area contributed by atoms with Crippen LogP contribution in [-0.2, 0) is 9.59 Å². The molecule has 0 saturated heterocycles. The molecule has 2 heteroatoms. The van der Waals surface area contributed by atoms with Crippen molar-refractivity contribution in [2.75, 3.05) is 0 Å². The smallest absolute Gasteiger partial charge is 0.159 e. The van der Waals surface area contributed by atoms with Crippen LogP contribution in [0.1, 0.15) is 92.9 Å². The molecule has 1 unspecified atom stereocenters.